The Balaban J connectivity index is 2.33. The van der Waals surface area contributed by atoms with E-state index in [4.69, 9.17) is 10.3 Å². The van der Waals surface area contributed by atoms with E-state index in [1.165, 1.54) is 4.68 Å². The summed E-state index contributed by atoms with van der Waals surface area (Å²) in [5, 5.41) is 15.1. The smallest absolute Gasteiger partial charge is 0.312 e. The van der Waals surface area contributed by atoms with Crippen LogP contribution in [0.15, 0.2) is 10.5 Å². The molecule has 3 N–H and O–H groups in total. The fourth-order valence-corrected chi connectivity index (χ4v) is 2.17. The number of aromatic nitrogens is 2. The highest BCUT2D eigenvalue weighted by atomic mass is 16.6. The lowest BCUT2D eigenvalue weighted by Gasteiger charge is -2.00. The molecule has 21 heavy (non-hydrogen) atoms. The Hall–Kier alpha value is -2.68. The number of nitrogens with one attached hydrogen (secondary N) is 1. The average Bonchev–Trinajstić information content (AvgIpc) is 2.90. The minimum atomic E-state index is -0.530. The van der Waals surface area contributed by atoms with E-state index in [9.17, 15) is 14.9 Å². The lowest BCUT2D eigenvalue weighted by molar-refractivity contribution is -0.386. The third-order valence-corrected chi connectivity index (χ3v) is 3.14. The number of amides is 1. The lowest BCUT2D eigenvalue weighted by Crippen LogP contribution is -2.30. The van der Waals surface area contributed by atoms with Gasteiger partial charge in [0.05, 0.1) is 11.5 Å². The minimum absolute atomic E-state index is 0.0156. The molecule has 0 aliphatic heterocycles. The summed E-state index contributed by atoms with van der Waals surface area (Å²) in [6.45, 7) is 5.09. The summed E-state index contributed by atoms with van der Waals surface area (Å²) >= 11 is 0. The van der Waals surface area contributed by atoms with Crippen molar-refractivity contribution in [2.75, 3.05) is 0 Å². The molecular formula is C12H15N5O4. The van der Waals surface area contributed by atoms with Gasteiger partial charge in [-0.3, -0.25) is 25.0 Å². The molecule has 2 aromatic rings. The number of hydrazine groups is 1. The number of hydrogen-bond donors (Lipinski definition) is 2. The van der Waals surface area contributed by atoms with Gasteiger partial charge in [0.15, 0.2) is 5.76 Å². The zero-order valence-electron chi connectivity index (χ0n) is 11.8. The van der Waals surface area contributed by atoms with Crippen LogP contribution < -0.4 is 11.3 Å². The molecule has 1 amide bonds. The molecular weight excluding hydrogens is 278 g/mol. The van der Waals surface area contributed by atoms with E-state index < -0.39 is 10.8 Å². The molecule has 0 radical (unpaired) electrons. The number of aryl methyl sites for hydroxylation is 2. The Morgan fingerprint density at radius 3 is 2.71 bits per heavy atom. The van der Waals surface area contributed by atoms with Crippen LogP contribution >= 0.6 is 0 Å². The molecule has 0 aromatic carbocycles. The third kappa shape index (κ3) is 2.63. The Morgan fingerprint density at radius 1 is 1.52 bits per heavy atom. The fourth-order valence-electron chi connectivity index (χ4n) is 2.17. The SMILES string of the molecule is Cc1cc(Cn2nc(C)c([N+](=O)[O-])c2C)oc1C(=O)NN. The van der Waals surface area contributed by atoms with Gasteiger partial charge in [0.25, 0.3) is 0 Å². The highest BCUT2D eigenvalue weighted by molar-refractivity contribution is 5.92. The van der Waals surface area contributed by atoms with Crippen molar-refractivity contribution in [1.82, 2.24) is 15.2 Å². The van der Waals surface area contributed by atoms with Crippen LogP contribution in [0.2, 0.25) is 0 Å². The van der Waals surface area contributed by atoms with Crippen molar-refractivity contribution in [3.63, 3.8) is 0 Å². The van der Waals surface area contributed by atoms with E-state index in [-0.39, 0.29) is 18.0 Å². The van der Waals surface area contributed by atoms with Crippen LogP contribution in [0.25, 0.3) is 0 Å². The molecule has 9 heteroatoms. The molecule has 0 spiro atoms. The van der Waals surface area contributed by atoms with Crippen LogP contribution in [-0.2, 0) is 6.54 Å². The number of carbonyl (C=O) groups is 1. The first-order valence-corrected chi connectivity index (χ1v) is 6.13. The van der Waals surface area contributed by atoms with Gasteiger partial charge in [0.2, 0.25) is 0 Å². The highest BCUT2D eigenvalue weighted by Crippen LogP contribution is 2.23. The zero-order chi connectivity index (χ0) is 15.7. The van der Waals surface area contributed by atoms with Gasteiger partial charge in [-0.1, -0.05) is 0 Å². The van der Waals surface area contributed by atoms with Crippen LogP contribution in [0.3, 0.4) is 0 Å². The van der Waals surface area contributed by atoms with E-state index >= 15 is 0 Å². The summed E-state index contributed by atoms with van der Waals surface area (Å²) in [5.41, 5.74) is 3.37. The van der Waals surface area contributed by atoms with E-state index in [1.807, 2.05) is 5.43 Å². The first-order valence-electron chi connectivity index (χ1n) is 6.13. The molecule has 0 unspecified atom stereocenters. The summed E-state index contributed by atoms with van der Waals surface area (Å²) in [4.78, 5) is 22.0. The van der Waals surface area contributed by atoms with Crippen molar-refractivity contribution in [2.45, 2.75) is 27.3 Å². The second-order valence-electron chi connectivity index (χ2n) is 4.63. The number of carbonyl (C=O) groups excluding carboxylic acids is 1. The molecule has 2 rings (SSSR count). The van der Waals surface area contributed by atoms with Crippen molar-refractivity contribution in [1.29, 1.82) is 0 Å². The van der Waals surface area contributed by atoms with E-state index in [0.717, 1.165) is 0 Å². The Kier molecular flexibility index (Phi) is 3.76. The quantitative estimate of drug-likeness (QED) is 0.374. The minimum Gasteiger partial charge on any atom is -0.454 e. The van der Waals surface area contributed by atoms with Gasteiger partial charge in [-0.2, -0.15) is 5.10 Å². The number of nitrogen functional groups attached to an aromatic ring is 1. The molecule has 0 aliphatic rings. The molecule has 0 saturated heterocycles. The number of rotatable bonds is 4. The predicted octanol–water partition coefficient (Wildman–Crippen LogP) is 0.961. The number of nitrogens with zero attached hydrogens (tertiary/aromatic N) is 3. The van der Waals surface area contributed by atoms with Crippen LogP contribution in [0.4, 0.5) is 5.69 Å². The molecule has 0 bridgehead atoms. The molecule has 9 nitrogen and oxygen atoms in total. The molecule has 0 atom stereocenters. The third-order valence-electron chi connectivity index (χ3n) is 3.14. The Bertz CT molecular complexity index is 716. The van der Waals surface area contributed by atoms with Crippen LogP contribution in [0.1, 0.15) is 33.3 Å². The maximum atomic E-state index is 11.5. The highest BCUT2D eigenvalue weighted by Gasteiger charge is 2.23. The zero-order valence-corrected chi connectivity index (χ0v) is 11.8. The van der Waals surface area contributed by atoms with E-state index in [2.05, 4.69) is 5.10 Å². The first-order chi connectivity index (χ1) is 9.85. The van der Waals surface area contributed by atoms with Crippen LogP contribution in [-0.4, -0.2) is 20.6 Å². The van der Waals surface area contributed by atoms with Gasteiger partial charge < -0.3 is 4.42 Å². The normalized spacial score (nSPS) is 10.7. The van der Waals surface area contributed by atoms with Gasteiger partial charge in [0.1, 0.15) is 17.1 Å². The fraction of sp³-hybridized carbons (Fsp3) is 0.333. The number of nitrogens with two attached hydrogens (primary N) is 1. The number of nitro groups is 1. The summed E-state index contributed by atoms with van der Waals surface area (Å²) in [5.74, 6) is 5.11. The largest absolute Gasteiger partial charge is 0.454 e. The van der Waals surface area contributed by atoms with Crippen molar-refractivity contribution in [3.8, 4) is 0 Å². The van der Waals surface area contributed by atoms with Crippen LogP contribution in [0.5, 0.6) is 0 Å². The summed E-state index contributed by atoms with van der Waals surface area (Å²) < 4.78 is 6.88. The van der Waals surface area contributed by atoms with E-state index in [0.29, 0.717) is 22.7 Å². The van der Waals surface area contributed by atoms with Crippen molar-refractivity contribution in [2.24, 2.45) is 5.84 Å². The van der Waals surface area contributed by atoms with Crippen molar-refractivity contribution < 1.29 is 14.1 Å². The molecule has 0 aliphatic carbocycles. The van der Waals surface area contributed by atoms with Crippen LogP contribution in [0, 0.1) is 30.9 Å². The van der Waals surface area contributed by atoms with Gasteiger partial charge >= 0.3 is 11.6 Å². The molecule has 0 fully saturated rings. The van der Waals surface area contributed by atoms with Gasteiger partial charge in [0, 0.05) is 5.56 Å². The topological polar surface area (TPSA) is 129 Å². The monoisotopic (exact) mass is 293 g/mol. The van der Waals surface area contributed by atoms with Gasteiger partial charge in [-0.25, -0.2) is 5.84 Å². The van der Waals surface area contributed by atoms with E-state index in [1.54, 1.807) is 26.8 Å². The molecule has 112 valence electrons. The maximum absolute atomic E-state index is 11.5. The van der Waals surface area contributed by atoms with Crippen molar-refractivity contribution >= 4 is 11.6 Å². The second-order valence-corrected chi connectivity index (χ2v) is 4.63. The van der Waals surface area contributed by atoms with Crippen molar-refractivity contribution in [3.05, 3.63) is 44.7 Å². The lowest BCUT2D eigenvalue weighted by atomic mass is 10.2. The molecule has 2 heterocycles. The Morgan fingerprint density at radius 2 is 2.19 bits per heavy atom. The molecule has 0 saturated carbocycles. The summed E-state index contributed by atoms with van der Waals surface area (Å²) in [7, 11) is 0. The Labute approximate surface area is 119 Å². The second kappa shape index (κ2) is 5.37. The predicted molar refractivity (Wildman–Crippen MR) is 72.6 cm³/mol. The number of hydrogen-bond acceptors (Lipinski definition) is 6. The maximum Gasteiger partial charge on any atom is 0.312 e. The summed E-state index contributed by atoms with van der Waals surface area (Å²) in [6, 6.07) is 1.67. The van der Waals surface area contributed by atoms with Gasteiger partial charge in [-0.05, 0) is 26.8 Å². The standard InChI is InChI=1S/C12H15N5O4/c1-6-4-9(21-11(6)12(18)14-13)5-16-8(3)10(17(19)20)7(2)15-16/h4H,5,13H2,1-3H3,(H,14,18). The average molecular weight is 293 g/mol. The summed E-state index contributed by atoms with van der Waals surface area (Å²) in [6.07, 6.45) is 0. The van der Waals surface area contributed by atoms with Gasteiger partial charge in [-0.15, -0.1) is 0 Å². The molecule has 2 aromatic heterocycles. The number of furan rings is 1. The first kappa shape index (κ1) is 14.7.